The topological polar surface area (TPSA) is 3.24 Å². The normalized spacial score (nSPS) is 24.2. The molecule has 0 aromatic heterocycles. The fourth-order valence-corrected chi connectivity index (χ4v) is 7.00. The minimum Gasteiger partial charge on any atom is -0.306 e. The van der Waals surface area contributed by atoms with Crippen LogP contribution in [0.2, 0.25) is 0 Å². The second kappa shape index (κ2) is 8.13. The summed E-state index contributed by atoms with van der Waals surface area (Å²) in [7, 11) is 4.14. The lowest BCUT2D eigenvalue weighted by molar-refractivity contribution is 0.333. The smallest absolute Gasteiger partial charge is 0.0170 e. The SMILES string of the molecule is C[C@H]([C]1[CH][CH][CH][C]1[P@](c1ccccc1)C1CCCCC1)N(C)C. The van der Waals surface area contributed by atoms with Crippen LogP contribution in [-0.4, -0.2) is 30.7 Å². The molecule has 2 saturated carbocycles. The molecule has 0 saturated heterocycles. The third-order valence-corrected chi connectivity index (χ3v) is 8.31. The molecule has 1 aromatic rings. The minimum absolute atomic E-state index is 0.237. The molecule has 2 atom stereocenters. The molecule has 0 bridgehead atoms. The second-order valence-corrected chi connectivity index (χ2v) is 9.47. The molecule has 3 rings (SSSR count). The van der Waals surface area contributed by atoms with E-state index in [2.05, 4.69) is 75.5 Å². The molecule has 2 aliphatic carbocycles. The molecular formula is C21H29NP. The zero-order chi connectivity index (χ0) is 16.2. The lowest BCUT2D eigenvalue weighted by atomic mass is 9.98. The van der Waals surface area contributed by atoms with Crippen LogP contribution in [0, 0.1) is 30.8 Å². The largest absolute Gasteiger partial charge is 0.306 e. The van der Waals surface area contributed by atoms with Gasteiger partial charge in [0.1, 0.15) is 0 Å². The van der Waals surface area contributed by atoms with Crippen molar-refractivity contribution in [2.45, 2.75) is 50.7 Å². The summed E-state index contributed by atoms with van der Waals surface area (Å²) in [4.78, 5) is 2.33. The summed E-state index contributed by atoms with van der Waals surface area (Å²) < 4.78 is 0. The van der Waals surface area contributed by atoms with E-state index in [1.165, 1.54) is 38.0 Å². The van der Waals surface area contributed by atoms with Gasteiger partial charge in [0.05, 0.1) is 0 Å². The molecule has 2 aliphatic rings. The zero-order valence-corrected chi connectivity index (χ0v) is 15.6. The van der Waals surface area contributed by atoms with E-state index in [9.17, 15) is 0 Å². The molecule has 2 fully saturated rings. The first-order valence-corrected chi connectivity index (χ1v) is 10.4. The monoisotopic (exact) mass is 326 g/mol. The van der Waals surface area contributed by atoms with Gasteiger partial charge in [-0.2, -0.15) is 0 Å². The van der Waals surface area contributed by atoms with Crippen molar-refractivity contribution in [2.24, 2.45) is 0 Å². The van der Waals surface area contributed by atoms with Crippen LogP contribution in [0.15, 0.2) is 30.3 Å². The lowest BCUT2D eigenvalue weighted by Gasteiger charge is -2.39. The van der Waals surface area contributed by atoms with E-state index in [1.807, 2.05) is 0 Å². The predicted molar refractivity (Wildman–Crippen MR) is 102 cm³/mol. The summed E-state index contributed by atoms with van der Waals surface area (Å²) in [6.07, 6.45) is 14.1. The van der Waals surface area contributed by atoms with Crippen molar-refractivity contribution >= 4 is 13.2 Å². The first-order chi connectivity index (χ1) is 11.2. The first-order valence-electron chi connectivity index (χ1n) is 8.95. The summed E-state index contributed by atoms with van der Waals surface area (Å²) in [5.41, 5.74) is 2.48. The van der Waals surface area contributed by atoms with Crippen LogP contribution in [-0.2, 0) is 0 Å². The highest BCUT2D eigenvalue weighted by atomic mass is 31.1. The average Bonchev–Trinajstić information content (AvgIpc) is 3.05. The molecule has 1 nitrogen and oxygen atoms in total. The fraction of sp³-hybridized carbons (Fsp3) is 0.476. The summed E-state index contributed by atoms with van der Waals surface area (Å²) >= 11 is 0. The van der Waals surface area contributed by atoms with Crippen molar-refractivity contribution in [2.75, 3.05) is 14.1 Å². The van der Waals surface area contributed by atoms with Gasteiger partial charge in [0.2, 0.25) is 0 Å². The predicted octanol–water partition coefficient (Wildman–Crippen LogP) is 4.81. The van der Waals surface area contributed by atoms with Crippen molar-refractivity contribution in [1.29, 1.82) is 0 Å². The van der Waals surface area contributed by atoms with E-state index in [0.717, 1.165) is 5.66 Å². The molecule has 0 aliphatic heterocycles. The Morgan fingerprint density at radius 2 is 1.70 bits per heavy atom. The van der Waals surface area contributed by atoms with E-state index in [-0.39, 0.29) is 7.92 Å². The molecule has 0 spiro atoms. The van der Waals surface area contributed by atoms with Gasteiger partial charge in [-0.05, 0) is 64.1 Å². The number of nitrogens with zero attached hydrogens (tertiary/aromatic N) is 1. The summed E-state index contributed by atoms with van der Waals surface area (Å²) in [5.74, 6) is 1.54. The van der Waals surface area contributed by atoms with Crippen LogP contribution in [0.5, 0.6) is 0 Å². The zero-order valence-electron chi connectivity index (χ0n) is 14.7. The quantitative estimate of drug-likeness (QED) is 0.702. The minimum atomic E-state index is -0.237. The van der Waals surface area contributed by atoms with Crippen molar-refractivity contribution in [1.82, 2.24) is 4.90 Å². The number of hydrogen-bond donors (Lipinski definition) is 0. The third-order valence-electron chi connectivity index (χ3n) is 5.28. The van der Waals surface area contributed by atoms with E-state index >= 15 is 0 Å². The molecule has 0 unspecified atom stereocenters. The highest BCUT2D eigenvalue weighted by Crippen LogP contribution is 2.62. The highest BCUT2D eigenvalue weighted by Gasteiger charge is 2.42. The van der Waals surface area contributed by atoms with Crippen molar-refractivity contribution in [3.8, 4) is 0 Å². The molecule has 1 aromatic carbocycles. The molecular weight excluding hydrogens is 297 g/mol. The molecule has 123 valence electrons. The van der Waals surface area contributed by atoms with Crippen molar-refractivity contribution < 1.29 is 0 Å². The summed E-state index contributed by atoms with van der Waals surface area (Å²) in [5, 5.41) is 1.56. The Morgan fingerprint density at radius 3 is 2.35 bits per heavy atom. The molecule has 0 heterocycles. The Kier molecular flexibility index (Phi) is 6.16. The van der Waals surface area contributed by atoms with Gasteiger partial charge in [-0.3, -0.25) is 0 Å². The van der Waals surface area contributed by atoms with E-state index in [0.29, 0.717) is 6.04 Å². The van der Waals surface area contributed by atoms with Gasteiger partial charge in [-0.1, -0.05) is 57.5 Å². The molecule has 2 heteroatoms. The Balaban J connectivity index is 1.87. The van der Waals surface area contributed by atoms with Crippen molar-refractivity contribution in [3.05, 3.63) is 61.2 Å². The summed E-state index contributed by atoms with van der Waals surface area (Å²) in [6, 6.07) is 11.8. The van der Waals surface area contributed by atoms with Gasteiger partial charge in [-0.25, -0.2) is 0 Å². The molecule has 0 N–H and O–H groups in total. The Morgan fingerprint density at radius 1 is 1.00 bits per heavy atom. The van der Waals surface area contributed by atoms with Crippen LogP contribution in [0.25, 0.3) is 0 Å². The third kappa shape index (κ3) is 3.99. The Bertz CT molecular complexity index is 466. The van der Waals surface area contributed by atoms with Crippen LogP contribution < -0.4 is 5.30 Å². The van der Waals surface area contributed by atoms with Gasteiger partial charge in [0.25, 0.3) is 0 Å². The fourth-order valence-electron chi connectivity index (χ4n) is 3.75. The van der Waals surface area contributed by atoms with Gasteiger partial charge in [-0.15, -0.1) is 0 Å². The standard InChI is InChI=1S/C21H29NP/c1-17(22(2)3)20-15-10-16-21(20)23(18-11-6-4-7-12-18)19-13-8-5-9-14-19/h4,6-7,10-12,15-17,19H,5,8-9,13-14H2,1-3H3/t17-,23-/m1/s1. The summed E-state index contributed by atoms with van der Waals surface area (Å²) in [6.45, 7) is 2.33. The number of rotatable bonds is 5. The highest BCUT2D eigenvalue weighted by molar-refractivity contribution is 7.69. The van der Waals surface area contributed by atoms with Gasteiger partial charge < -0.3 is 4.90 Å². The molecule has 0 amide bonds. The van der Waals surface area contributed by atoms with Crippen LogP contribution in [0.4, 0.5) is 0 Å². The van der Waals surface area contributed by atoms with Crippen molar-refractivity contribution in [3.63, 3.8) is 0 Å². The first kappa shape index (κ1) is 17.4. The average molecular weight is 326 g/mol. The van der Waals surface area contributed by atoms with Crippen LogP contribution in [0.1, 0.15) is 39.0 Å². The Labute approximate surface area is 144 Å². The lowest BCUT2D eigenvalue weighted by Crippen LogP contribution is -2.34. The van der Waals surface area contributed by atoms with Gasteiger partial charge in [0, 0.05) is 17.6 Å². The molecule has 23 heavy (non-hydrogen) atoms. The Hall–Kier alpha value is -0.390. The van der Waals surface area contributed by atoms with Gasteiger partial charge >= 0.3 is 0 Å². The van der Waals surface area contributed by atoms with Crippen LogP contribution in [0.3, 0.4) is 0 Å². The van der Waals surface area contributed by atoms with E-state index in [1.54, 1.807) is 11.0 Å². The maximum Gasteiger partial charge on any atom is 0.0170 e. The number of benzene rings is 1. The second-order valence-electron chi connectivity index (χ2n) is 7.00. The van der Waals surface area contributed by atoms with Gasteiger partial charge in [0.15, 0.2) is 0 Å². The maximum atomic E-state index is 2.41. The maximum absolute atomic E-state index is 2.41. The van der Waals surface area contributed by atoms with E-state index < -0.39 is 0 Å². The number of hydrogen-bond acceptors (Lipinski definition) is 1. The van der Waals surface area contributed by atoms with E-state index in [4.69, 9.17) is 0 Å². The molecule has 5 radical (unpaired) electrons. The van der Waals surface area contributed by atoms with Crippen LogP contribution >= 0.6 is 7.92 Å².